The zero-order valence-electron chi connectivity index (χ0n) is 16.0. The summed E-state index contributed by atoms with van der Waals surface area (Å²) < 4.78 is 2.24. The van der Waals surface area contributed by atoms with E-state index in [0.29, 0.717) is 18.7 Å². The fraction of sp³-hybridized carbons (Fsp3) is 0.318. The van der Waals surface area contributed by atoms with E-state index in [1.807, 2.05) is 11.1 Å². The number of piperidine rings is 1. The van der Waals surface area contributed by atoms with Crippen LogP contribution in [0.1, 0.15) is 34.6 Å². The second kappa shape index (κ2) is 6.56. The van der Waals surface area contributed by atoms with Gasteiger partial charge in [0.05, 0.1) is 11.2 Å². The van der Waals surface area contributed by atoms with E-state index >= 15 is 0 Å². The maximum Gasteiger partial charge on any atom is 0.253 e. The van der Waals surface area contributed by atoms with E-state index in [1.54, 1.807) is 24.5 Å². The molecule has 0 N–H and O–H groups in total. The molecular weight excluding hydrogens is 350 g/mol. The molecule has 2 aliphatic heterocycles. The number of carbonyl (C=O) groups excluding carboxylic acids is 1. The van der Waals surface area contributed by atoms with Crippen LogP contribution in [0.4, 0.5) is 0 Å². The van der Waals surface area contributed by atoms with Gasteiger partial charge in [0.1, 0.15) is 5.82 Å². The van der Waals surface area contributed by atoms with Crippen LogP contribution in [0.3, 0.4) is 0 Å². The van der Waals surface area contributed by atoms with Crippen molar-refractivity contribution in [3.05, 3.63) is 78.1 Å². The van der Waals surface area contributed by atoms with Crippen molar-refractivity contribution in [1.82, 2.24) is 24.3 Å². The number of amides is 1. The first-order chi connectivity index (χ1) is 13.7. The smallest absolute Gasteiger partial charge is 0.253 e. The first-order valence-electron chi connectivity index (χ1n) is 9.72. The number of benzene rings is 1. The summed E-state index contributed by atoms with van der Waals surface area (Å²) in [5, 5.41) is 0. The van der Waals surface area contributed by atoms with Crippen molar-refractivity contribution >= 4 is 5.91 Å². The molecule has 2 aromatic heterocycles. The minimum Gasteiger partial charge on any atom is -0.338 e. The lowest BCUT2D eigenvalue weighted by Crippen LogP contribution is -2.53. The molecule has 3 aromatic rings. The first kappa shape index (κ1) is 17.1. The summed E-state index contributed by atoms with van der Waals surface area (Å²) in [4.78, 5) is 26.0. The van der Waals surface area contributed by atoms with E-state index in [2.05, 4.69) is 52.0 Å². The van der Waals surface area contributed by atoms with Gasteiger partial charge in [0.15, 0.2) is 0 Å². The second-order valence-corrected chi connectivity index (χ2v) is 7.67. The third-order valence-corrected chi connectivity index (χ3v) is 6.25. The van der Waals surface area contributed by atoms with Gasteiger partial charge < -0.3 is 9.47 Å². The molecule has 1 amide bonds. The maximum atomic E-state index is 12.9. The standard InChI is InChI=1S/C22H23N5O/c1-25-16-18-4-2-3-5-19(18)27-15-12-24-21(27)22(25)8-13-26(14-9-22)20(28)17-6-10-23-11-7-17/h2-7,10-12,15H,8-9,13-14,16H2,1H3. The van der Waals surface area contributed by atoms with Crippen molar-refractivity contribution in [1.29, 1.82) is 0 Å². The Morgan fingerprint density at radius 1 is 1.04 bits per heavy atom. The monoisotopic (exact) mass is 373 g/mol. The zero-order chi connectivity index (χ0) is 19.1. The van der Waals surface area contributed by atoms with Gasteiger partial charge >= 0.3 is 0 Å². The van der Waals surface area contributed by atoms with Crippen molar-refractivity contribution in [2.24, 2.45) is 0 Å². The Labute approximate surface area is 164 Å². The van der Waals surface area contributed by atoms with E-state index in [-0.39, 0.29) is 11.4 Å². The topological polar surface area (TPSA) is 54.3 Å². The quantitative estimate of drug-likeness (QED) is 0.658. The molecule has 1 aromatic carbocycles. The molecule has 4 heterocycles. The lowest BCUT2D eigenvalue weighted by molar-refractivity contribution is 0.0230. The molecule has 1 fully saturated rings. The maximum absolute atomic E-state index is 12.9. The average Bonchev–Trinajstić information content (AvgIpc) is 3.21. The second-order valence-electron chi connectivity index (χ2n) is 7.67. The lowest BCUT2D eigenvalue weighted by Gasteiger charge is -2.46. The van der Waals surface area contributed by atoms with Crippen molar-refractivity contribution in [3.63, 3.8) is 0 Å². The number of rotatable bonds is 1. The van der Waals surface area contributed by atoms with Crippen LogP contribution in [0.5, 0.6) is 0 Å². The summed E-state index contributed by atoms with van der Waals surface area (Å²) >= 11 is 0. The van der Waals surface area contributed by atoms with Crippen LogP contribution in [0.2, 0.25) is 0 Å². The van der Waals surface area contributed by atoms with E-state index in [9.17, 15) is 4.79 Å². The van der Waals surface area contributed by atoms with Crippen LogP contribution in [-0.2, 0) is 12.1 Å². The largest absolute Gasteiger partial charge is 0.338 e. The summed E-state index contributed by atoms with van der Waals surface area (Å²) in [6.07, 6.45) is 9.03. The number of fused-ring (bicyclic) bond motifs is 4. The summed E-state index contributed by atoms with van der Waals surface area (Å²) in [5.74, 6) is 1.16. The highest BCUT2D eigenvalue weighted by molar-refractivity contribution is 5.94. The molecule has 6 nitrogen and oxygen atoms in total. The van der Waals surface area contributed by atoms with Crippen molar-refractivity contribution in [2.75, 3.05) is 20.1 Å². The van der Waals surface area contributed by atoms with Crippen LogP contribution in [0.25, 0.3) is 5.69 Å². The van der Waals surface area contributed by atoms with Gasteiger partial charge in [-0.05, 0) is 43.7 Å². The molecule has 6 heteroatoms. The van der Waals surface area contributed by atoms with Gasteiger partial charge in [-0.2, -0.15) is 0 Å². The highest BCUT2D eigenvalue weighted by Crippen LogP contribution is 2.42. The fourth-order valence-corrected chi connectivity index (χ4v) is 4.66. The minimum absolute atomic E-state index is 0.0835. The highest BCUT2D eigenvalue weighted by atomic mass is 16.2. The molecular formula is C22H23N5O. The SMILES string of the molecule is CN1Cc2ccccc2-n2ccnc2C12CCN(C(=O)c1ccncc1)CC2. The van der Waals surface area contributed by atoms with Gasteiger partial charge in [-0.15, -0.1) is 0 Å². The van der Waals surface area contributed by atoms with Crippen LogP contribution in [0.15, 0.2) is 61.2 Å². The fourth-order valence-electron chi connectivity index (χ4n) is 4.66. The number of aromatic nitrogens is 3. The van der Waals surface area contributed by atoms with Crippen LogP contribution < -0.4 is 0 Å². The molecule has 0 aliphatic carbocycles. The van der Waals surface area contributed by atoms with Gasteiger partial charge in [0.25, 0.3) is 5.91 Å². The number of para-hydroxylation sites is 1. The van der Waals surface area contributed by atoms with Gasteiger partial charge in [0, 0.05) is 50.0 Å². The normalized spacial score (nSPS) is 18.4. The number of nitrogens with zero attached hydrogens (tertiary/aromatic N) is 5. The van der Waals surface area contributed by atoms with E-state index in [1.165, 1.54) is 11.3 Å². The number of hydrogen-bond acceptors (Lipinski definition) is 4. The number of pyridine rings is 1. The van der Waals surface area contributed by atoms with Gasteiger partial charge in [-0.1, -0.05) is 18.2 Å². The highest BCUT2D eigenvalue weighted by Gasteiger charge is 2.45. The molecule has 0 bridgehead atoms. The zero-order valence-corrected chi connectivity index (χ0v) is 16.0. The molecule has 142 valence electrons. The lowest BCUT2D eigenvalue weighted by atomic mass is 9.84. The van der Waals surface area contributed by atoms with Gasteiger partial charge in [-0.3, -0.25) is 14.7 Å². The first-order valence-corrected chi connectivity index (χ1v) is 9.72. The van der Waals surface area contributed by atoms with Crippen molar-refractivity contribution < 1.29 is 4.79 Å². The molecule has 2 aliphatic rings. The number of likely N-dealkylation sites (tertiary alicyclic amines) is 1. The van der Waals surface area contributed by atoms with E-state index in [4.69, 9.17) is 4.98 Å². The Morgan fingerprint density at radius 2 is 1.79 bits per heavy atom. The summed E-state index contributed by atoms with van der Waals surface area (Å²) in [6.45, 7) is 2.31. The predicted molar refractivity (Wildman–Crippen MR) is 106 cm³/mol. The molecule has 1 spiro atoms. The Kier molecular flexibility index (Phi) is 4.02. The van der Waals surface area contributed by atoms with E-state index in [0.717, 1.165) is 25.2 Å². The van der Waals surface area contributed by atoms with Crippen molar-refractivity contribution in [2.45, 2.75) is 24.9 Å². The van der Waals surface area contributed by atoms with Gasteiger partial charge in [-0.25, -0.2) is 4.98 Å². The average molecular weight is 373 g/mol. The molecule has 1 saturated heterocycles. The number of imidazole rings is 1. The summed E-state index contributed by atoms with van der Waals surface area (Å²) in [6, 6.07) is 12.1. The Hall–Kier alpha value is -2.99. The van der Waals surface area contributed by atoms with E-state index < -0.39 is 0 Å². The Morgan fingerprint density at radius 3 is 2.57 bits per heavy atom. The summed E-state index contributed by atoms with van der Waals surface area (Å²) in [5.41, 5.74) is 3.04. The molecule has 0 radical (unpaired) electrons. The van der Waals surface area contributed by atoms with Crippen LogP contribution >= 0.6 is 0 Å². The van der Waals surface area contributed by atoms with Crippen molar-refractivity contribution in [3.8, 4) is 5.69 Å². The summed E-state index contributed by atoms with van der Waals surface area (Å²) in [7, 11) is 2.18. The number of carbonyl (C=O) groups is 1. The third-order valence-electron chi connectivity index (χ3n) is 6.25. The van der Waals surface area contributed by atoms with Crippen LogP contribution in [0, 0.1) is 0 Å². The molecule has 0 saturated carbocycles. The van der Waals surface area contributed by atoms with Gasteiger partial charge in [0.2, 0.25) is 0 Å². The third kappa shape index (κ3) is 2.56. The predicted octanol–water partition coefficient (Wildman–Crippen LogP) is 2.84. The molecule has 0 unspecified atom stereocenters. The molecule has 28 heavy (non-hydrogen) atoms. The minimum atomic E-state index is -0.169. The molecule has 5 rings (SSSR count). The Balaban J connectivity index is 1.46. The van der Waals surface area contributed by atoms with Crippen LogP contribution in [-0.4, -0.2) is 50.4 Å². The number of hydrogen-bond donors (Lipinski definition) is 0. The molecule has 0 atom stereocenters. The Bertz CT molecular complexity index is 1000.